The molecule has 0 unspecified atom stereocenters. The van der Waals surface area contributed by atoms with Gasteiger partial charge in [0, 0.05) is 31.1 Å². The predicted octanol–water partition coefficient (Wildman–Crippen LogP) is 1.51. The van der Waals surface area contributed by atoms with E-state index < -0.39 is 0 Å². The Labute approximate surface area is 141 Å². The largest absolute Gasteiger partial charge is 0.490 e. The van der Waals surface area contributed by atoms with Crippen LogP contribution in [0.2, 0.25) is 0 Å². The van der Waals surface area contributed by atoms with Crippen LogP contribution in [0.15, 0.2) is 18.2 Å². The van der Waals surface area contributed by atoms with Crippen molar-refractivity contribution in [1.82, 2.24) is 5.32 Å². The van der Waals surface area contributed by atoms with Crippen molar-refractivity contribution < 1.29 is 24.1 Å². The van der Waals surface area contributed by atoms with E-state index in [2.05, 4.69) is 5.32 Å². The zero-order chi connectivity index (χ0) is 16.6. The first kappa shape index (κ1) is 15.7. The first-order valence-corrected chi connectivity index (χ1v) is 8.66. The second kappa shape index (κ2) is 6.26. The summed E-state index contributed by atoms with van der Waals surface area (Å²) >= 11 is 0. The lowest BCUT2D eigenvalue weighted by Gasteiger charge is -2.55. The summed E-state index contributed by atoms with van der Waals surface area (Å²) < 4.78 is 16.8. The minimum Gasteiger partial charge on any atom is -0.490 e. The molecule has 3 aliphatic rings. The maximum atomic E-state index is 12.8. The molecule has 0 radical (unpaired) electrons. The molecule has 0 aromatic heterocycles. The van der Waals surface area contributed by atoms with Gasteiger partial charge in [0.2, 0.25) is 0 Å². The Morgan fingerprint density at radius 1 is 1.17 bits per heavy atom. The molecule has 1 aromatic carbocycles. The van der Waals surface area contributed by atoms with E-state index in [-0.39, 0.29) is 23.5 Å². The van der Waals surface area contributed by atoms with Crippen LogP contribution >= 0.6 is 0 Å². The number of amides is 1. The van der Waals surface area contributed by atoms with Crippen molar-refractivity contribution >= 4 is 5.91 Å². The van der Waals surface area contributed by atoms with Gasteiger partial charge in [0.25, 0.3) is 5.91 Å². The van der Waals surface area contributed by atoms with Gasteiger partial charge in [0.15, 0.2) is 11.5 Å². The minimum atomic E-state index is -0.362. The van der Waals surface area contributed by atoms with Crippen LogP contribution in [0.3, 0.4) is 0 Å². The number of aliphatic hydroxyl groups is 1. The van der Waals surface area contributed by atoms with Gasteiger partial charge in [-0.05, 0) is 31.4 Å². The number of para-hydroxylation sites is 1. The molecular formula is C18H23NO5. The van der Waals surface area contributed by atoms with Crippen LogP contribution in [0, 0.1) is 5.41 Å². The first-order chi connectivity index (χ1) is 11.7. The normalized spacial score (nSPS) is 27.9. The molecule has 2 N–H and O–H groups in total. The summed E-state index contributed by atoms with van der Waals surface area (Å²) in [5, 5.41) is 13.4. The van der Waals surface area contributed by atoms with Crippen LogP contribution < -0.4 is 14.8 Å². The van der Waals surface area contributed by atoms with Gasteiger partial charge in [-0.3, -0.25) is 4.79 Å². The van der Waals surface area contributed by atoms with E-state index in [1.807, 2.05) is 12.1 Å². The number of hydrogen-bond acceptors (Lipinski definition) is 5. The Bertz CT molecular complexity index is 626. The van der Waals surface area contributed by atoms with Crippen molar-refractivity contribution in [3.05, 3.63) is 23.8 Å². The van der Waals surface area contributed by atoms with E-state index in [4.69, 9.17) is 14.2 Å². The van der Waals surface area contributed by atoms with Crippen molar-refractivity contribution in [2.75, 3.05) is 26.4 Å². The van der Waals surface area contributed by atoms with Crippen molar-refractivity contribution in [2.24, 2.45) is 5.41 Å². The highest BCUT2D eigenvalue weighted by atomic mass is 16.5. The quantitative estimate of drug-likeness (QED) is 0.858. The molecule has 2 atom stereocenters. The maximum Gasteiger partial charge on any atom is 0.255 e. The predicted molar refractivity (Wildman–Crippen MR) is 86.4 cm³/mol. The van der Waals surface area contributed by atoms with Gasteiger partial charge in [-0.25, -0.2) is 0 Å². The monoisotopic (exact) mass is 333 g/mol. The Morgan fingerprint density at radius 3 is 2.75 bits per heavy atom. The molecule has 0 bridgehead atoms. The van der Waals surface area contributed by atoms with E-state index in [0.717, 1.165) is 19.3 Å². The lowest BCUT2D eigenvalue weighted by atomic mass is 9.58. The van der Waals surface area contributed by atoms with Gasteiger partial charge >= 0.3 is 0 Å². The lowest BCUT2D eigenvalue weighted by Crippen LogP contribution is -2.65. The molecule has 1 aliphatic carbocycles. The molecule has 1 saturated carbocycles. The van der Waals surface area contributed by atoms with E-state index in [0.29, 0.717) is 49.9 Å². The molecule has 1 saturated heterocycles. The van der Waals surface area contributed by atoms with Gasteiger partial charge in [0.1, 0.15) is 0 Å². The maximum absolute atomic E-state index is 12.8. The van der Waals surface area contributed by atoms with Gasteiger partial charge in [-0.1, -0.05) is 6.07 Å². The lowest BCUT2D eigenvalue weighted by molar-refractivity contribution is -0.145. The van der Waals surface area contributed by atoms with Crippen LogP contribution in [0.5, 0.6) is 11.5 Å². The number of rotatable bonds is 2. The van der Waals surface area contributed by atoms with Crippen molar-refractivity contribution in [1.29, 1.82) is 0 Å². The second-order valence-corrected chi connectivity index (χ2v) is 6.81. The SMILES string of the molecule is O=C(N[C@@H]1C[C@@H](O)C12CCOCC2)c1cccc2c1OCCCO2. The van der Waals surface area contributed by atoms with Gasteiger partial charge in [-0.15, -0.1) is 0 Å². The Balaban J connectivity index is 1.53. The summed E-state index contributed by atoms with van der Waals surface area (Å²) in [5.74, 6) is 0.975. The second-order valence-electron chi connectivity index (χ2n) is 6.81. The smallest absolute Gasteiger partial charge is 0.255 e. The van der Waals surface area contributed by atoms with E-state index in [1.54, 1.807) is 6.07 Å². The summed E-state index contributed by atoms with van der Waals surface area (Å²) in [6, 6.07) is 5.37. The molecule has 2 aliphatic heterocycles. The Hall–Kier alpha value is -1.79. The number of carbonyl (C=O) groups excluding carboxylic acids is 1. The highest BCUT2D eigenvalue weighted by Gasteiger charge is 2.55. The van der Waals surface area contributed by atoms with E-state index in [9.17, 15) is 9.90 Å². The fourth-order valence-corrected chi connectivity index (χ4v) is 4.01. The minimum absolute atomic E-state index is 0.0218. The van der Waals surface area contributed by atoms with E-state index in [1.165, 1.54) is 0 Å². The molecule has 1 amide bonds. The number of ether oxygens (including phenoxy) is 3. The summed E-state index contributed by atoms with van der Waals surface area (Å²) in [7, 11) is 0. The summed E-state index contributed by atoms with van der Waals surface area (Å²) in [6.07, 6.45) is 2.60. The van der Waals surface area contributed by atoms with Gasteiger partial charge in [0.05, 0.1) is 24.9 Å². The molecule has 130 valence electrons. The third kappa shape index (κ3) is 2.54. The molecule has 1 spiro atoms. The summed E-state index contributed by atoms with van der Waals surface area (Å²) in [6.45, 7) is 2.42. The van der Waals surface area contributed by atoms with Gasteiger partial charge < -0.3 is 24.6 Å². The fraction of sp³-hybridized carbons (Fsp3) is 0.611. The molecule has 2 fully saturated rings. The molecule has 2 heterocycles. The highest BCUT2D eigenvalue weighted by Crippen LogP contribution is 2.49. The summed E-state index contributed by atoms with van der Waals surface area (Å²) in [5.41, 5.74) is 0.259. The average Bonchev–Trinajstić information content (AvgIpc) is 2.87. The standard InChI is InChI=1S/C18H23NO5/c20-15-11-14(18(15)5-9-22-10-6-18)19-17(21)12-3-1-4-13-16(12)24-8-2-7-23-13/h1,3-4,14-15,20H,2,5-11H2,(H,19,21)/t14-,15-/m1/s1. The molecular weight excluding hydrogens is 310 g/mol. The number of carbonyl (C=O) groups is 1. The highest BCUT2D eigenvalue weighted by molar-refractivity contribution is 5.98. The van der Waals surface area contributed by atoms with Crippen LogP contribution in [-0.4, -0.2) is 49.6 Å². The van der Waals surface area contributed by atoms with Crippen LogP contribution in [0.25, 0.3) is 0 Å². The molecule has 1 aromatic rings. The number of fused-ring (bicyclic) bond motifs is 1. The third-order valence-electron chi connectivity index (χ3n) is 5.56. The van der Waals surface area contributed by atoms with Crippen molar-refractivity contribution in [3.8, 4) is 11.5 Å². The fourth-order valence-electron chi connectivity index (χ4n) is 4.01. The number of aliphatic hydroxyl groups excluding tert-OH is 1. The zero-order valence-electron chi connectivity index (χ0n) is 13.6. The zero-order valence-corrected chi connectivity index (χ0v) is 13.6. The molecule has 24 heavy (non-hydrogen) atoms. The molecule has 6 nitrogen and oxygen atoms in total. The number of nitrogens with one attached hydrogen (secondary N) is 1. The van der Waals surface area contributed by atoms with Crippen molar-refractivity contribution in [2.45, 2.75) is 37.8 Å². The number of hydrogen-bond donors (Lipinski definition) is 2. The Kier molecular flexibility index (Phi) is 4.10. The topological polar surface area (TPSA) is 77.0 Å². The van der Waals surface area contributed by atoms with Crippen molar-refractivity contribution in [3.63, 3.8) is 0 Å². The van der Waals surface area contributed by atoms with E-state index >= 15 is 0 Å². The molecule has 6 heteroatoms. The van der Waals surface area contributed by atoms with Gasteiger partial charge in [-0.2, -0.15) is 0 Å². The average molecular weight is 333 g/mol. The summed E-state index contributed by atoms with van der Waals surface area (Å²) in [4.78, 5) is 12.8. The van der Waals surface area contributed by atoms with Crippen LogP contribution in [0.4, 0.5) is 0 Å². The molecule has 4 rings (SSSR count). The van der Waals surface area contributed by atoms with Crippen LogP contribution in [0.1, 0.15) is 36.0 Å². The Morgan fingerprint density at radius 2 is 1.96 bits per heavy atom. The number of benzene rings is 1. The first-order valence-electron chi connectivity index (χ1n) is 8.66. The van der Waals surface area contributed by atoms with Crippen LogP contribution in [-0.2, 0) is 4.74 Å². The third-order valence-corrected chi connectivity index (χ3v) is 5.56.